The largest absolute Gasteiger partial charge is 0.477 e. The van der Waals surface area contributed by atoms with E-state index in [0.29, 0.717) is 24.1 Å². The van der Waals surface area contributed by atoms with Crippen molar-refractivity contribution in [3.8, 4) is 0 Å². The minimum Gasteiger partial charge on any atom is -0.477 e. The van der Waals surface area contributed by atoms with Gasteiger partial charge in [-0.05, 0) is 38.0 Å². The Morgan fingerprint density at radius 2 is 2.05 bits per heavy atom. The highest BCUT2D eigenvalue weighted by Gasteiger charge is 2.33. The molecular weight excluding hydrogens is 256 g/mol. The van der Waals surface area contributed by atoms with E-state index in [2.05, 4.69) is 5.10 Å². The van der Waals surface area contributed by atoms with E-state index < -0.39 is 5.97 Å². The number of rotatable bonds is 5. The summed E-state index contributed by atoms with van der Waals surface area (Å²) in [6, 6.07) is 0. The standard InChI is InChI=1S/C15H22N2O3/c1-2-12-13(11-3-4-11)16-17(14(12)15(18)19)9-10-5-7-20-8-6-10/h10-11H,2-9H2,1H3,(H,18,19). The third kappa shape index (κ3) is 2.59. The fraction of sp³-hybridized carbons (Fsp3) is 0.733. The van der Waals surface area contributed by atoms with Gasteiger partial charge >= 0.3 is 5.97 Å². The van der Waals surface area contributed by atoms with Crippen molar-refractivity contribution in [1.29, 1.82) is 0 Å². The Morgan fingerprint density at radius 1 is 1.35 bits per heavy atom. The first kappa shape index (κ1) is 13.6. The molecule has 2 heterocycles. The number of nitrogens with zero attached hydrogens (tertiary/aromatic N) is 2. The molecule has 2 aliphatic rings. The van der Waals surface area contributed by atoms with Crippen LogP contribution in [-0.2, 0) is 17.7 Å². The lowest BCUT2D eigenvalue weighted by atomic mass is 10.0. The summed E-state index contributed by atoms with van der Waals surface area (Å²) in [5, 5.41) is 14.2. The average Bonchev–Trinajstić information content (AvgIpc) is 3.22. The molecule has 1 aliphatic carbocycles. The molecule has 1 N–H and O–H groups in total. The third-order valence-corrected chi connectivity index (χ3v) is 4.37. The maximum absolute atomic E-state index is 11.6. The fourth-order valence-electron chi connectivity index (χ4n) is 3.10. The van der Waals surface area contributed by atoms with Crippen LogP contribution < -0.4 is 0 Å². The van der Waals surface area contributed by atoms with Crippen LogP contribution in [0.5, 0.6) is 0 Å². The van der Waals surface area contributed by atoms with E-state index in [1.165, 1.54) is 0 Å². The highest BCUT2D eigenvalue weighted by Crippen LogP contribution is 2.42. The molecule has 1 saturated carbocycles. The summed E-state index contributed by atoms with van der Waals surface area (Å²) in [5.41, 5.74) is 2.41. The second kappa shape index (κ2) is 5.56. The van der Waals surface area contributed by atoms with E-state index in [-0.39, 0.29) is 0 Å². The van der Waals surface area contributed by atoms with Crippen molar-refractivity contribution in [2.45, 2.75) is 51.5 Å². The Bertz CT molecular complexity index is 499. The van der Waals surface area contributed by atoms with Gasteiger partial charge in [-0.2, -0.15) is 5.10 Å². The van der Waals surface area contributed by atoms with Crippen molar-refractivity contribution in [3.63, 3.8) is 0 Å². The number of ether oxygens (including phenoxy) is 1. The SMILES string of the molecule is CCc1c(C2CC2)nn(CC2CCOCC2)c1C(=O)O. The topological polar surface area (TPSA) is 64.4 Å². The predicted octanol–water partition coefficient (Wildman–Crippen LogP) is 2.45. The van der Waals surface area contributed by atoms with Gasteiger partial charge < -0.3 is 9.84 Å². The molecule has 1 aromatic heterocycles. The molecule has 0 bridgehead atoms. The Balaban J connectivity index is 1.89. The van der Waals surface area contributed by atoms with Gasteiger partial charge in [0.1, 0.15) is 5.69 Å². The van der Waals surface area contributed by atoms with E-state index in [1.54, 1.807) is 4.68 Å². The van der Waals surface area contributed by atoms with Crippen LogP contribution in [0.1, 0.15) is 60.3 Å². The summed E-state index contributed by atoms with van der Waals surface area (Å²) in [6.07, 6.45) is 5.06. The lowest BCUT2D eigenvalue weighted by Gasteiger charge is -2.22. The van der Waals surface area contributed by atoms with Gasteiger partial charge in [0.05, 0.1) is 5.69 Å². The molecule has 5 nitrogen and oxygen atoms in total. The average molecular weight is 278 g/mol. The molecule has 0 radical (unpaired) electrons. The number of hydrogen-bond acceptors (Lipinski definition) is 3. The number of aromatic nitrogens is 2. The number of carboxylic acid groups (broad SMARTS) is 1. The maximum Gasteiger partial charge on any atom is 0.354 e. The summed E-state index contributed by atoms with van der Waals surface area (Å²) in [4.78, 5) is 11.6. The quantitative estimate of drug-likeness (QED) is 0.898. The van der Waals surface area contributed by atoms with Crippen LogP contribution in [0.25, 0.3) is 0 Å². The van der Waals surface area contributed by atoms with Gasteiger partial charge in [-0.25, -0.2) is 4.79 Å². The van der Waals surface area contributed by atoms with E-state index in [0.717, 1.165) is 56.6 Å². The zero-order valence-corrected chi connectivity index (χ0v) is 12.0. The van der Waals surface area contributed by atoms with Crippen molar-refractivity contribution in [2.75, 3.05) is 13.2 Å². The number of aromatic carboxylic acids is 1. The number of carbonyl (C=O) groups is 1. The minimum absolute atomic E-state index is 0.417. The Labute approximate surface area is 118 Å². The van der Waals surface area contributed by atoms with Crippen LogP contribution in [0.15, 0.2) is 0 Å². The molecule has 1 aromatic rings. The van der Waals surface area contributed by atoms with Crippen molar-refractivity contribution in [2.24, 2.45) is 5.92 Å². The van der Waals surface area contributed by atoms with Gasteiger partial charge in [-0.15, -0.1) is 0 Å². The molecule has 3 rings (SSSR count). The van der Waals surface area contributed by atoms with Crippen LogP contribution >= 0.6 is 0 Å². The van der Waals surface area contributed by atoms with Crippen LogP contribution in [0.2, 0.25) is 0 Å². The molecule has 1 aliphatic heterocycles. The highest BCUT2D eigenvalue weighted by molar-refractivity contribution is 5.88. The number of carboxylic acids is 1. The van der Waals surface area contributed by atoms with Crippen LogP contribution in [-0.4, -0.2) is 34.1 Å². The van der Waals surface area contributed by atoms with Crippen LogP contribution in [0.4, 0.5) is 0 Å². The molecule has 0 atom stereocenters. The van der Waals surface area contributed by atoms with E-state index in [9.17, 15) is 9.90 Å². The molecule has 2 fully saturated rings. The Kier molecular flexibility index (Phi) is 3.78. The van der Waals surface area contributed by atoms with E-state index >= 15 is 0 Å². The third-order valence-electron chi connectivity index (χ3n) is 4.37. The first-order chi connectivity index (χ1) is 9.70. The van der Waals surface area contributed by atoms with E-state index in [1.807, 2.05) is 6.92 Å². The molecule has 0 spiro atoms. The zero-order valence-electron chi connectivity index (χ0n) is 12.0. The first-order valence-electron chi connectivity index (χ1n) is 7.61. The first-order valence-corrected chi connectivity index (χ1v) is 7.61. The van der Waals surface area contributed by atoms with Gasteiger partial charge in [0.2, 0.25) is 0 Å². The normalized spacial score (nSPS) is 20.2. The fourth-order valence-corrected chi connectivity index (χ4v) is 3.10. The second-order valence-corrected chi connectivity index (χ2v) is 5.88. The van der Waals surface area contributed by atoms with Crippen LogP contribution in [0.3, 0.4) is 0 Å². The number of hydrogen-bond donors (Lipinski definition) is 1. The molecular formula is C15H22N2O3. The van der Waals surface area contributed by atoms with Gasteiger partial charge in [0.15, 0.2) is 0 Å². The molecule has 5 heteroatoms. The molecule has 1 saturated heterocycles. The lowest BCUT2D eigenvalue weighted by Crippen LogP contribution is -2.23. The Morgan fingerprint density at radius 3 is 2.60 bits per heavy atom. The molecule has 20 heavy (non-hydrogen) atoms. The van der Waals surface area contributed by atoms with E-state index in [4.69, 9.17) is 4.74 Å². The maximum atomic E-state index is 11.6. The predicted molar refractivity (Wildman–Crippen MR) is 74.1 cm³/mol. The van der Waals surface area contributed by atoms with Gasteiger partial charge in [0, 0.05) is 31.2 Å². The monoisotopic (exact) mass is 278 g/mol. The zero-order chi connectivity index (χ0) is 14.1. The molecule has 110 valence electrons. The molecule has 0 amide bonds. The molecule has 0 unspecified atom stereocenters. The summed E-state index contributed by atoms with van der Waals surface area (Å²) in [5.74, 6) is 0.144. The van der Waals surface area contributed by atoms with Gasteiger partial charge in [-0.3, -0.25) is 4.68 Å². The van der Waals surface area contributed by atoms with Crippen molar-refractivity contribution in [1.82, 2.24) is 9.78 Å². The summed E-state index contributed by atoms with van der Waals surface area (Å²) in [7, 11) is 0. The summed E-state index contributed by atoms with van der Waals surface area (Å²) >= 11 is 0. The second-order valence-electron chi connectivity index (χ2n) is 5.88. The summed E-state index contributed by atoms with van der Waals surface area (Å²) < 4.78 is 7.12. The van der Waals surface area contributed by atoms with Crippen molar-refractivity contribution < 1.29 is 14.6 Å². The highest BCUT2D eigenvalue weighted by atomic mass is 16.5. The van der Waals surface area contributed by atoms with Gasteiger partial charge in [0.25, 0.3) is 0 Å². The summed E-state index contributed by atoms with van der Waals surface area (Å²) in [6.45, 7) is 4.30. The van der Waals surface area contributed by atoms with Crippen molar-refractivity contribution >= 4 is 5.97 Å². The molecule has 0 aromatic carbocycles. The Hall–Kier alpha value is -1.36. The lowest BCUT2D eigenvalue weighted by molar-refractivity contribution is 0.0579. The van der Waals surface area contributed by atoms with Crippen LogP contribution in [0, 0.1) is 5.92 Å². The smallest absolute Gasteiger partial charge is 0.354 e. The van der Waals surface area contributed by atoms with Crippen molar-refractivity contribution in [3.05, 3.63) is 17.0 Å². The minimum atomic E-state index is -0.840. The van der Waals surface area contributed by atoms with Gasteiger partial charge in [-0.1, -0.05) is 6.92 Å².